The van der Waals surface area contributed by atoms with Crippen molar-refractivity contribution in [3.63, 3.8) is 0 Å². The molecule has 3 aromatic rings. The van der Waals surface area contributed by atoms with Gasteiger partial charge in [0, 0.05) is 12.6 Å². The van der Waals surface area contributed by atoms with E-state index in [9.17, 15) is 13.6 Å². The second-order valence-electron chi connectivity index (χ2n) is 6.46. The summed E-state index contributed by atoms with van der Waals surface area (Å²) in [6, 6.07) is 6.02. The van der Waals surface area contributed by atoms with Gasteiger partial charge < -0.3 is 10.2 Å². The number of anilines is 1. The van der Waals surface area contributed by atoms with Crippen LogP contribution in [0.4, 0.5) is 14.7 Å². The van der Waals surface area contributed by atoms with E-state index in [2.05, 4.69) is 34.0 Å². The number of nitrogens with one attached hydrogen (secondary N) is 1. The number of fused-ring (bicyclic) bond motifs is 1. The van der Waals surface area contributed by atoms with Crippen LogP contribution in [0.5, 0.6) is 0 Å². The molecule has 9 heteroatoms. The van der Waals surface area contributed by atoms with Gasteiger partial charge in [-0.05, 0) is 44.3 Å². The van der Waals surface area contributed by atoms with Gasteiger partial charge in [-0.2, -0.15) is 4.98 Å². The van der Waals surface area contributed by atoms with E-state index in [4.69, 9.17) is 11.6 Å². The van der Waals surface area contributed by atoms with Gasteiger partial charge in [0.05, 0.1) is 5.39 Å². The molecule has 0 atom stereocenters. The fourth-order valence-electron chi connectivity index (χ4n) is 3.12. The molecule has 0 aliphatic carbocycles. The molecule has 3 rings (SSSR count). The Balaban J connectivity index is 1.99. The van der Waals surface area contributed by atoms with E-state index in [0.717, 1.165) is 42.8 Å². The average Bonchev–Trinajstić information content (AvgIpc) is 2.69. The quantitative estimate of drug-likeness (QED) is 0.442. The Morgan fingerprint density at radius 2 is 1.79 bits per heavy atom. The summed E-state index contributed by atoms with van der Waals surface area (Å²) >= 11 is 6.26. The number of halogens is 3. The highest BCUT2D eigenvalue weighted by atomic mass is 35.5. The van der Waals surface area contributed by atoms with Gasteiger partial charge in [-0.15, -0.1) is 0 Å². The summed E-state index contributed by atoms with van der Waals surface area (Å²) < 4.78 is 29.6. The highest BCUT2D eigenvalue weighted by Gasteiger charge is 2.18. The van der Waals surface area contributed by atoms with Crippen molar-refractivity contribution < 1.29 is 8.78 Å². The maximum Gasteiger partial charge on any atom is 0.256 e. The van der Waals surface area contributed by atoms with Crippen LogP contribution in [0.15, 0.2) is 35.1 Å². The van der Waals surface area contributed by atoms with Crippen molar-refractivity contribution in [2.24, 2.45) is 0 Å². The fraction of sp³-hybridized carbons (Fsp3) is 0.350. The molecule has 1 aromatic carbocycles. The van der Waals surface area contributed by atoms with Gasteiger partial charge in [-0.3, -0.25) is 9.36 Å². The van der Waals surface area contributed by atoms with Crippen LogP contribution in [-0.4, -0.2) is 45.6 Å². The molecular weight excluding hydrogens is 400 g/mol. The van der Waals surface area contributed by atoms with Gasteiger partial charge in [0.25, 0.3) is 5.56 Å². The summed E-state index contributed by atoms with van der Waals surface area (Å²) in [6.45, 7) is 7.63. The number of nitrogens with zero attached hydrogens (tertiary/aromatic N) is 4. The van der Waals surface area contributed by atoms with Crippen LogP contribution in [0.1, 0.15) is 20.3 Å². The Morgan fingerprint density at radius 3 is 2.45 bits per heavy atom. The first-order valence-electron chi connectivity index (χ1n) is 9.46. The molecule has 0 saturated carbocycles. The third kappa shape index (κ3) is 4.54. The molecule has 0 unspecified atom stereocenters. The van der Waals surface area contributed by atoms with Gasteiger partial charge in [0.15, 0.2) is 5.65 Å². The molecule has 0 radical (unpaired) electrons. The van der Waals surface area contributed by atoms with Gasteiger partial charge in [0.1, 0.15) is 22.5 Å². The highest BCUT2D eigenvalue weighted by molar-refractivity contribution is 6.34. The lowest BCUT2D eigenvalue weighted by Gasteiger charge is -2.18. The van der Waals surface area contributed by atoms with E-state index in [1.54, 1.807) is 0 Å². The zero-order valence-electron chi connectivity index (χ0n) is 16.3. The summed E-state index contributed by atoms with van der Waals surface area (Å²) in [5, 5.41) is 3.48. The third-order valence-electron chi connectivity index (χ3n) is 4.69. The minimum absolute atomic E-state index is 0.0349. The molecule has 0 aliphatic heterocycles. The SMILES string of the molecule is CCN(CC)CCCNc1nc(Cl)c2ccc(=O)n(-c3c(F)cccc3F)c2n1. The largest absolute Gasteiger partial charge is 0.354 e. The number of hydrogen-bond acceptors (Lipinski definition) is 5. The molecule has 0 bridgehead atoms. The van der Waals surface area contributed by atoms with Gasteiger partial charge >= 0.3 is 0 Å². The summed E-state index contributed by atoms with van der Waals surface area (Å²) in [5.41, 5.74) is -1.08. The Labute approximate surface area is 172 Å². The van der Waals surface area contributed by atoms with Crippen LogP contribution in [0.25, 0.3) is 16.7 Å². The summed E-state index contributed by atoms with van der Waals surface area (Å²) in [4.78, 5) is 23.3. The molecule has 1 N–H and O–H groups in total. The average molecular weight is 422 g/mol. The number of rotatable bonds is 8. The van der Waals surface area contributed by atoms with Crippen LogP contribution >= 0.6 is 11.6 Å². The molecule has 6 nitrogen and oxygen atoms in total. The van der Waals surface area contributed by atoms with Crippen LogP contribution in [0, 0.1) is 11.6 Å². The molecule has 0 fully saturated rings. The van der Waals surface area contributed by atoms with Crippen LogP contribution in [0.2, 0.25) is 5.15 Å². The zero-order valence-corrected chi connectivity index (χ0v) is 17.0. The second-order valence-corrected chi connectivity index (χ2v) is 6.82. The first kappa shape index (κ1) is 21.1. The predicted molar refractivity (Wildman–Crippen MR) is 111 cm³/mol. The van der Waals surface area contributed by atoms with Crippen molar-refractivity contribution in [2.75, 3.05) is 31.5 Å². The third-order valence-corrected chi connectivity index (χ3v) is 4.98. The summed E-state index contributed by atoms with van der Waals surface area (Å²) in [6.07, 6.45) is 0.851. The standard InChI is InChI=1S/C20H22ClF2N5O/c1-3-27(4-2)12-6-11-24-20-25-18(21)13-9-10-16(29)28(19(13)26-20)17-14(22)7-5-8-15(17)23/h5,7-10H,3-4,6,11-12H2,1-2H3,(H,24,25,26). The van der Waals surface area contributed by atoms with Gasteiger partial charge in [-0.25, -0.2) is 13.8 Å². The van der Waals surface area contributed by atoms with Crippen molar-refractivity contribution in [1.82, 2.24) is 19.4 Å². The zero-order chi connectivity index (χ0) is 21.0. The maximum atomic E-state index is 14.3. The Bertz CT molecular complexity index is 1050. The normalized spacial score (nSPS) is 11.4. The monoisotopic (exact) mass is 421 g/mol. The molecule has 0 spiro atoms. The molecule has 0 amide bonds. The Morgan fingerprint density at radius 1 is 1.10 bits per heavy atom. The molecule has 0 aliphatic rings. The van der Waals surface area contributed by atoms with Crippen LogP contribution in [0.3, 0.4) is 0 Å². The minimum atomic E-state index is -0.872. The minimum Gasteiger partial charge on any atom is -0.354 e. The smallest absolute Gasteiger partial charge is 0.256 e. The van der Waals surface area contributed by atoms with E-state index in [1.807, 2.05) is 0 Å². The number of para-hydroxylation sites is 1. The van der Waals surface area contributed by atoms with Gasteiger partial charge in [0.2, 0.25) is 5.95 Å². The van der Waals surface area contributed by atoms with E-state index >= 15 is 0 Å². The van der Waals surface area contributed by atoms with E-state index < -0.39 is 22.9 Å². The van der Waals surface area contributed by atoms with Crippen molar-refractivity contribution in [3.05, 3.63) is 57.5 Å². The van der Waals surface area contributed by atoms with Crippen molar-refractivity contribution in [1.29, 1.82) is 0 Å². The number of aromatic nitrogens is 3. The van der Waals surface area contributed by atoms with Crippen molar-refractivity contribution >= 4 is 28.6 Å². The molecule has 0 saturated heterocycles. The second kappa shape index (κ2) is 9.28. The number of benzene rings is 1. The lowest BCUT2D eigenvalue weighted by molar-refractivity contribution is 0.303. The first-order chi connectivity index (χ1) is 14.0. The predicted octanol–water partition coefficient (Wildman–Crippen LogP) is 3.86. The van der Waals surface area contributed by atoms with E-state index in [1.165, 1.54) is 18.2 Å². The summed E-state index contributed by atoms with van der Waals surface area (Å²) in [5.74, 6) is -1.55. The highest BCUT2D eigenvalue weighted by Crippen LogP contribution is 2.25. The first-order valence-corrected chi connectivity index (χ1v) is 9.84. The Kier molecular flexibility index (Phi) is 6.76. The lowest BCUT2D eigenvalue weighted by Crippen LogP contribution is -2.25. The molecule has 2 aromatic heterocycles. The van der Waals surface area contributed by atoms with E-state index in [0.29, 0.717) is 11.9 Å². The number of pyridine rings is 1. The Hall–Kier alpha value is -2.58. The van der Waals surface area contributed by atoms with Gasteiger partial charge in [-0.1, -0.05) is 31.5 Å². The maximum absolute atomic E-state index is 14.3. The number of hydrogen-bond donors (Lipinski definition) is 1. The molecule has 154 valence electrons. The lowest BCUT2D eigenvalue weighted by atomic mass is 10.2. The topological polar surface area (TPSA) is 63.1 Å². The van der Waals surface area contributed by atoms with Crippen molar-refractivity contribution in [2.45, 2.75) is 20.3 Å². The molecular formula is C20H22ClF2N5O. The van der Waals surface area contributed by atoms with E-state index in [-0.39, 0.29) is 16.7 Å². The fourth-order valence-corrected chi connectivity index (χ4v) is 3.35. The molecule has 29 heavy (non-hydrogen) atoms. The molecule has 2 heterocycles. The van der Waals surface area contributed by atoms with Crippen molar-refractivity contribution in [3.8, 4) is 5.69 Å². The van der Waals surface area contributed by atoms with Crippen LogP contribution in [-0.2, 0) is 0 Å². The summed E-state index contributed by atoms with van der Waals surface area (Å²) in [7, 11) is 0. The van der Waals surface area contributed by atoms with Crippen LogP contribution < -0.4 is 10.9 Å².